The van der Waals surface area contributed by atoms with Gasteiger partial charge >= 0.3 is 0 Å². The van der Waals surface area contributed by atoms with Gasteiger partial charge in [0.25, 0.3) is 5.91 Å². The van der Waals surface area contributed by atoms with Crippen molar-refractivity contribution in [2.45, 2.75) is 58.7 Å². The van der Waals surface area contributed by atoms with Gasteiger partial charge in [0, 0.05) is 81.1 Å². The largest absolute Gasteiger partial charge is 0.490 e. The van der Waals surface area contributed by atoms with Gasteiger partial charge < -0.3 is 25.0 Å². The molecule has 1 aromatic carbocycles. The van der Waals surface area contributed by atoms with Gasteiger partial charge in [-0.2, -0.15) is 0 Å². The first-order valence-corrected chi connectivity index (χ1v) is 15.2. The van der Waals surface area contributed by atoms with Crippen LogP contribution in [-0.4, -0.2) is 82.1 Å². The van der Waals surface area contributed by atoms with E-state index in [1.54, 1.807) is 11.1 Å². The number of carbonyl (C=O) groups excluding carboxylic acids is 1. The van der Waals surface area contributed by atoms with Crippen molar-refractivity contribution in [3.05, 3.63) is 65.6 Å². The number of amides is 1. The van der Waals surface area contributed by atoms with Crippen LogP contribution in [0.4, 0.5) is 10.2 Å². The SMILES string of the molecule is CCN(C(=O)c1cc(F)ccc1Oc1cncnc1N1CC2(CC(Oc3ccnc4c3CN(CCN)CC4)C2)C1)C(C)C. The average molecular weight is 590 g/mol. The molecule has 0 bridgehead atoms. The van der Waals surface area contributed by atoms with Gasteiger partial charge in [0.2, 0.25) is 0 Å². The predicted octanol–water partition coefficient (Wildman–Crippen LogP) is 4.04. The van der Waals surface area contributed by atoms with Gasteiger partial charge in [-0.25, -0.2) is 14.4 Å². The second-order valence-electron chi connectivity index (χ2n) is 12.2. The number of hydrogen-bond donors (Lipinski definition) is 1. The van der Waals surface area contributed by atoms with Crippen molar-refractivity contribution in [2.75, 3.05) is 44.2 Å². The van der Waals surface area contributed by atoms with E-state index in [9.17, 15) is 9.18 Å². The van der Waals surface area contributed by atoms with Crippen LogP contribution in [0.25, 0.3) is 0 Å². The van der Waals surface area contributed by atoms with Crippen molar-refractivity contribution in [3.8, 4) is 17.2 Å². The lowest BCUT2D eigenvalue weighted by molar-refractivity contribution is -0.0352. The first kappa shape index (κ1) is 29.3. The maximum atomic E-state index is 14.2. The molecule has 1 spiro atoms. The van der Waals surface area contributed by atoms with Gasteiger partial charge in [0.05, 0.1) is 11.8 Å². The Morgan fingerprint density at radius 3 is 2.74 bits per heavy atom. The van der Waals surface area contributed by atoms with Crippen LogP contribution in [0.15, 0.2) is 43.0 Å². The highest BCUT2D eigenvalue weighted by Crippen LogP contribution is 2.52. The Kier molecular flexibility index (Phi) is 8.19. The number of hydrogen-bond acceptors (Lipinski definition) is 9. The summed E-state index contributed by atoms with van der Waals surface area (Å²) in [6, 6.07) is 5.97. The van der Waals surface area contributed by atoms with Crippen LogP contribution in [0.5, 0.6) is 17.2 Å². The molecule has 0 atom stereocenters. The van der Waals surface area contributed by atoms with E-state index in [1.807, 2.05) is 33.0 Å². The molecule has 228 valence electrons. The normalized spacial score (nSPS) is 17.8. The zero-order valence-electron chi connectivity index (χ0n) is 25.1. The highest BCUT2D eigenvalue weighted by atomic mass is 19.1. The summed E-state index contributed by atoms with van der Waals surface area (Å²) in [6.07, 6.45) is 7.95. The maximum Gasteiger partial charge on any atom is 0.257 e. The second-order valence-corrected chi connectivity index (χ2v) is 12.2. The van der Waals surface area contributed by atoms with E-state index >= 15 is 0 Å². The van der Waals surface area contributed by atoms with Crippen molar-refractivity contribution in [2.24, 2.45) is 11.1 Å². The highest BCUT2D eigenvalue weighted by Gasteiger charge is 2.54. The third-order valence-electron chi connectivity index (χ3n) is 8.84. The molecular weight excluding hydrogens is 549 g/mol. The number of pyridine rings is 1. The van der Waals surface area contributed by atoms with Crippen LogP contribution in [-0.2, 0) is 13.0 Å². The number of aromatic nitrogens is 3. The van der Waals surface area contributed by atoms with E-state index in [0.29, 0.717) is 24.7 Å². The molecule has 10 nitrogen and oxygen atoms in total. The Bertz CT molecular complexity index is 1470. The summed E-state index contributed by atoms with van der Waals surface area (Å²) in [7, 11) is 0. The predicted molar refractivity (Wildman–Crippen MR) is 161 cm³/mol. The van der Waals surface area contributed by atoms with E-state index in [4.69, 9.17) is 15.2 Å². The highest BCUT2D eigenvalue weighted by molar-refractivity contribution is 5.97. The average Bonchev–Trinajstić information content (AvgIpc) is 2.95. The van der Waals surface area contributed by atoms with Crippen LogP contribution in [0.2, 0.25) is 0 Å². The van der Waals surface area contributed by atoms with Gasteiger partial charge in [-0.3, -0.25) is 14.7 Å². The number of halogens is 1. The van der Waals surface area contributed by atoms with E-state index in [1.165, 1.54) is 30.1 Å². The number of ether oxygens (including phenoxy) is 2. The molecule has 6 rings (SSSR count). The van der Waals surface area contributed by atoms with Crippen LogP contribution in [0, 0.1) is 11.2 Å². The minimum Gasteiger partial charge on any atom is -0.490 e. The summed E-state index contributed by atoms with van der Waals surface area (Å²) in [6.45, 7) is 11.2. The van der Waals surface area contributed by atoms with Crippen molar-refractivity contribution >= 4 is 11.7 Å². The Balaban J connectivity index is 1.11. The summed E-state index contributed by atoms with van der Waals surface area (Å²) >= 11 is 0. The van der Waals surface area contributed by atoms with Crippen LogP contribution in [0.1, 0.15) is 55.2 Å². The van der Waals surface area contributed by atoms with Crippen molar-refractivity contribution in [1.82, 2.24) is 24.8 Å². The van der Waals surface area contributed by atoms with Crippen molar-refractivity contribution < 1.29 is 18.7 Å². The van der Waals surface area contributed by atoms with E-state index < -0.39 is 5.82 Å². The van der Waals surface area contributed by atoms with Crippen molar-refractivity contribution in [3.63, 3.8) is 0 Å². The maximum absolute atomic E-state index is 14.2. The summed E-state index contributed by atoms with van der Waals surface area (Å²) in [5.74, 6) is 1.54. The quantitative estimate of drug-likeness (QED) is 0.375. The molecule has 3 aliphatic rings. The summed E-state index contributed by atoms with van der Waals surface area (Å²) in [5.41, 5.74) is 8.46. The van der Waals surface area contributed by atoms with E-state index in [-0.39, 0.29) is 34.8 Å². The lowest BCUT2D eigenvalue weighted by atomic mass is 9.61. The topological polar surface area (TPSA) is 110 Å². The first-order valence-electron chi connectivity index (χ1n) is 15.2. The molecule has 43 heavy (non-hydrogen) atoms. The summed E-state index contributed by atoms with van der Waals surface area (Å²) in [5, 5.41) is 0. The van der Waals surface area contributed by atoms with Crippen LogP contribution >= 0.6 is 0 Å². The third kappa shape index (κ3) is 5.88. The fraction of sp³-hybridized carbons (Fsp3) is 0.500. The van der Waals surface area contributed by atoms with E-state index in [0.717, 1.165) is 63.4 Å². The smallest absolute Gasteiger partial charge is 0.257 e. The van der Waals surface area contributed by atoms with E-state index in [2.05, 4.69) is 24.8 Å². The Morgan fingerprint density at radius 1 is 1.19 bits per heavy atom. The molecule has 4 heterocycles. The van der Waals surface area contributed by atoms with Crippen LogP contribution in [0.3, 0.4) is 0 Å². The lowest BCUT2D eigenvalue weighted by Crippen LogP contribution is -2.65. The molecule has 1 saturated heterocycles. The number of nitrogens with zero attached hydrogens (tertiary/aromatic N) is 6. The molecule has 2 aromatic heterocycles. The molecule has 0 unspecified atom stereocenters. The molecule has 1 saturated carbocycles. The van der Waals surface area contributed by atoms with Gasteiger partial charge in [0.15, 0.2) is 11.6 Å². The standard InChI is InChI=1S/C32H40FN7O3/c1-4-40(21(2)3)31(41)24-13-22(33)5-6-27(24)43-29-16-35-20-37-30(29)39-18-32(19-39)14-23(15-32)42-28-7-10-36-26-8-11-38(12-9-34)17-25(26)28/h5-7,10,13,16,20-21,23H,4,8-9,11-12,14-15,17-19,34H2,1-3H3. The minimum absolute atomic E-state index is 0.0355. The summed E-state index contributed by atoms with van der Waals surface area (Å²) in [4.78, 5) is 32.8. The number of benzene rings is 1. The number of carbonyl (C=O) groups is 1. The molecule has 0 radical (unpaired) electrons. The minimum atomic E-state index is -0.494. The summed E-state index contributed by atoms with van der Waals surface area (Å²) < 4.78 is 27.0. The Hall–Kier alpha value is -3.83. The second kappa shape index (κ2) is 12.0. The number of anilines is 1. The fourth-order valence-corrected chi connectivity index (χ4v) is 6.69. The zero-order valence-corrected chi connectivity index (χ0v) is 25.1. The molecular formula is C32H40FN7O3. The Morgan fingerprint density at radius 2 is 2.00 bits per heavy atom. The molecule has 1 amide bonds. The zero-order chi connectivity index (χ0) is 30.1. The molecule has 3 aromatic rings. The fourth-order valence-electron chi connectivity index (χ4n) is 6.69. The molecule has 11 heteroatoms. The monoisotopic (exact) mass is 589 g/mol. The third-order valence-corrected chi connectivity index (χ3v) is 8.84. The van der Waals surface area contributed by atoms with Crippen molar-refractivity contribution in [1.29, 1.82) is 0 Å². The van der Waals surface area contributed by atoms with Gasteiger partial charge in [-0.15, -0.1) is 0 Å². The number of rotatable bonds is 10. The number of fused-ring (bicyclic) bond motifs is 1. The van der Waals surface area contributed by atoms with Gasteiger partial charge in [-0.1, -0.05) is 0 Å². The number of nitrogens with two attached hydrogens (primary N) is 1. The van der Waals surface area contributed by atoms with Crippen LogP contribution < -0.4 is 20.1 Å². The molecule has 2 N–H and O–H groups in total. The van der Waals surface area contributed by atoms with Gasteiger partial charge in [0.1, 0.15) is 29.7 Å². The molecule has 2 fully saturated rings. The first-order chi connectivity index (χ1) is 20.8. The van der Waals surface area contributed by atoms with Gasteiger partial charge in [-0.05, 0) is 57.9 Å². The molecule has 2 aliphatic heterocycles. The lowest BCUT2D eigenvalue weighted by Gasteiger charge is -2.59. The Labute approximate surface area is 252 Å². The molecule has 1 aliphatic carbocycles.